The van der Waals surface area contributed by atoms with Crippen LogP contribution in [-0.2, 0) is 0 Å². The van der Waals surface area contributed by atoms with Crippen LogP contribution in [0.2, 0.25) is 0 Å². The zero-order valence-corrected chi connectivity index (χ0v) is 14.3. The number of aromatic amines is 1. The predicted molar refractivity (Wildman–Crippen MR) is 95.8 cm³/mol. The van der Waals surface area contributed by atoms with Crippen molar-refractivity contribution in [3.63, 3.8) is 0 Å². The van der Waals surface area contributed by atoms with E-state index in [-0.39, 0.29) is 22.4 Å². The molecule has 1 aliphatic rings. The number of nitro groups is 1. The second-order valence-corrected chi connectivity index (χ2v) is 5.29. The SMILES string of the molecule is CC.COc1cnc2c(c1)C(=O)c1c-2[nH]c(=O)c2cc([N+](=O)[O-])ccc12. The Morgan fingerprint density at radius 1 is 1.15 bits per heavy atom. The number of carbonyl (C=O) groups excluding carboxylic acids is 1. The summed E-state index contributed by atoms with van der Waals surface area (Å²) in [5.74, 6) is 0.124. The second-order valence-electron chi connectivity index (χ2n) is 5.29. The molecule has 3 aromatic rings. The van der Waals surface area contributed by atoms with Crippen LogP contribution in [0.1, 0.15) is 29.8 Å². The molecule has 0 aliphatic heterocycles. The third-order valence-electron chi connectivity index (χ3n) is 4.02. The Labute approximate surface area is 147 Å². The molecule has 0 spiro atoms. The van der Waals surface area contributed by atoms with Crippen molar-refractivity contribution in [3.8, 4) is 17.1 Å². The van der Waals surface area contributed by atoms with Crippen molar-refractivity contribution >= 4 is 22.2 Å². The summed E-state index contributed by atoms with van der Waals surface area (Å²) < 4.78 is 5.08. The number of nitrogens with zero attached hydrogens (tertiary/aromatic N) is 2. The van der Waals surface area contributed by atoms with Crippen molar-refractivity contribution in [1.82, 2.24) is 9.97 Å². The molecule has 4 rings (SSSR count). The molecule has 0 radical (unpaired) electrons. The summed E-state index contributed by atoms with van der Waals surface area (Å²) in [7, 11) is 1.46. The molecule has 0 unspecified atom stereocenters. The number of non-ortho nitro benzene ring substituents is 1. The van der Waals surface area contributed by atoms with Gasteiger partial charge in [-0.1, -0.05) is 13.8 Å². The van der Waals surface area contributed by atoms with Crippen LogP contribution in [0.3, 0.4) is 0 Å². The zero-order chi connectivity index (χ0) is 19.0. The minimum Gasteiger partial charge on any atom is -0.495 e. The van der Waals surface area contributed by atoms with Crippen molar-refractivity contribution < 1.29 is 14.5 Å². The monoisotopic (exact) mass is 353 g/mol. The third kappa shape index (κ3) is 2.43. The van der Waals surface area contributed by atoms with Gasteiger partial charge in [-0.25, -0.2) is 0 Å². The first-order chi connectivity index (χ1) is 12.5. The number of H-pyrrole nitrogens is 1. The van der Waals surface area contributed by atoms with Crippen LogP contribution in [-0.4, -0.2) is 27.8 Å². The average Bonchev–Trinajstić information content (AvgIpc) is 2.94. The fourth-order valence-electron chi connectivity index (χ4n) is 2.91. The number of carbonyl (C=O) groups is 1. The Kier molecular flexibility index (Phi) is 4.25. The lowest BCUT2D eigenvalue weighted by Crippen LogP contribution is -2.10. The largest absolute Gasteiger partial charge is 0.495 e. The zero-order valence-electron chi connectivity index (χ0n) is 14.3. The predicted octanol–water partition coefficient (Wildman–Crippen LogP) is 3.08. The van der Waals surface area contributed by atoms with Crippen LogP contribution in [0, 0.1) is 10.1 Å². The number of fused-ring (bicyclic) bond motifs is 5. The van der Waals surface area contributed by atoms with Gasteiger partial charge in [0.1, 0.15) is 5.75 Å². The molecule has 2 aromatic heterocycles. The highest BCUT2D eigenvalue weighted by Gasteiger charge is 2.32. The molecule has 0 bridgehead atoms. The quantitative estimate of drug-likeness (QED) is 0.437. The molecule has 8 nitrogen and oxygen atoms in total. The lowest BCUT2D eigenvalue weighted by Gasteiger charge is -2.04. The highest BCUT2D eigenvalue weighted by molar-refractivity contribution is 6.26. The van der Waals surface area contributed by atoms with E-state index in [1.165, 1.54) is 31.5 Å². The summed E-state index contributed by atoms with van der Waals surface area (Å²) in [6, 6.07) is 5.41. The third-order valence-corrected chi connectivity index (χ3v) is 4.02. The number of ether oxygens (including phenoxy) is 1. The number of hydrogen-bond donors (Lipinski definition) is 1. The maximum Gasteiger partial charge on any atom is 0.270 e. The molecule has 0 amide bonds. The molecular formula is C18H15N3O5. The lowest BCUT2D eigenvalue weighted by atomic mass is 10.0. The van der Waals surface area contributed by atoms with Gasteiger partial charge in [0, 0.05) is 17.5 Å². The van der Waals surface area contributed by atoms with Crippen LogP contribution in [0.15, 0.2) is 35.3 Å². The van der Waals surface area contributed by atoms with Crippen LogP contribution in [0.5, 0.6) is 5.75 Å². The van der Waals surface area contributed by atoms with Crippen molar-refractivity contribution in [2.24, 2.45) is 0 Å². The van der Waals surface area contributed by atoms with Gasteiger partial charge in [-0.2, -0.15) is 0 Å². The molecule has 0 saturated heterocycles. The van der Waals surface area contributed by atoms with Crippen LogP contribution in [0.25, 0.3) is 22.2 Å². The van der Waals surface area contributed by atoms with Gasteiger partial charge in [0.2, 0.25) is 0 Å². The molecule has 0 saturated carbocycles. The number of nitro benzene ring substituents is 1. The summed E-state index contributed by atoms with van der Waals surface area (Å²) in [4.78, 5) is 42.2. The Balaban J connectivity index is 0.000000948. The van der Waals surface area contributed by atoms with Gasteiger partial charge in [-0.05, 0) is 12.1 Å². The van der Waals surface area contributed by atoms with Crippen molar-refractivity contribution in [3.05, 3.63) is 62.1 Å². The van der Waals surface area contributed by atoms with Crippen LogP contribution in [0.4, 0.5) is 5.69 Å². The first-order valence-corrected chi connectivity index (χ1v) is 7.95. The maximum absolute atomic E-state index is 12.7. The molecule has 1 aliphatic carbocycles. The normalized spacial score (nSPS) is 11.4. The van der Waals surface area contributed by atoms with Crippen LogP contribution >= 0.6 is 0 Å². The molecular weight excluding hydrogens is 338 g/mol. The van der Waals surface area contributed by atoms with Gasteiger partial charge in [0.15, 0.2) is 5.78 Å². The smallest absolute Gasteiger partial charge is 0.270 e. The Morgan fingerprint density at radius 3 is 2.54 bits per heavy atom. The first-order valence-electron chi connectivity index (χ1n) is 7.95. The van der Waals surface area contributed by atoms with E-state index in [1.54, 1.807) is 6.07 Å². The summed E-state index contributed by atoms with van der Waals surface area (Å²) in [6.45, 7) is 4.00. The molecule has 1 N–H and O–H groups in total. The highest BCUT2D eigenvalue weighted by Crippen LogP contribution is 2.38. The first kappa shape index (κ1) is 17.3. The number of benzene rings is 1. The molecule has 132 valence electrons. The van der Waals surface area contributed by atoms with Gasteiger partial charge in [-0.3, -0.25) is 24.7 Å². The van der Waals surface area contributed by atoms with E-state index in [9.17, 15) is 19.7 Å². The number of methoxy groups -OCH3 is 1. The summed E-state index contributed by atoms with van der Waals surface area (Å²) in [5.41, 5.74) is 0.583. The van der Waals surface area contributed by atoms with E-state index < -0.39 is 10.5 Å². The van der Waals surface area contributed by atoms with Crippen molar-refractivity contribution in [1.29, 1.82) is 0 Å². The molecule has 26 heavy (non-hydrogen) atoms. The molecule has 1 aromatic carbocycles. The van der Waals surface area contributed by atoms with E-state index in [0.29, 0.717) is 28.1 Å². The Hall–Kier alpha value is -3.55. The fraction of sp³-hybridized carbons (Fsp3) is 0.167. The second kappa shape index (κ2) is 6.40. The molecule has 8 heteroatoms. The standard InChI is InChI=1S/C16H9N3O5.C2H6/c1-24-8-5-11-13(17-6-8)14-12(15(11)20)9-3-2-7(19(22)23)4-10(9)16(21)18-14;1-2/h2-6H,1H3,(H,18,21);1-2H3. The minimum absolute atomic E-state index is 0.0936. The number of rotatable bonds is 2. The number of aromatic nitrogens is 2. The van der Waals surface area contributed by atoms with Crippen molar-refractivity contribution in [2.75, 3.05) is 7.11 Å². The molecule has 0 atom stereocenters. The van der Waals surface area contributed by atoms with Gasteiger partial charge < -0.3 is 9.72 Å². The van der Waals surface area contributed by atoms with E-state index in [1.807, 2.05) is 13.8 Å². The summed E-state index contributed by atoms with van der Waals surface area (Å²) in [6.07, 6.45) is 1.46. The molecule has 0 fully saturated rings. The van der Waals surface area contributed by atoms with Gasteiger partial charge >= 0.3 is 0 Å². The van der Waals surface area contributed by atoms with E-state index in [2.05, 4.69) is 9.97 Å². The number of ketones is 1. The van der Waals surface area contributed by atoms with Gasteiger partial charge in [-0.15, -0.1) is 0 Å². The van der Waals surface area contributed by atoms with Gasteiger partial charge in [0.05, 0.1) is 46.1 Å². The average molecular weight is 353 g/mol. The minimum atomic E-state index is -0.588. The van der Waals surface area contributed by atoms with Crippen LogP contribution < -0.4 is 10.3 Å². The Bertz CT molecular complexity index is 1120. The maximum atomic E-state index is 12.7. The number of nitrogens with one attached hydrogen (secondary N) is 1. The number of pyridine rings is 2. The van der Waals surface area contributed by atoms with E-state index in [4.69, 9.17) is 4.74 Å². The highest BCUT2D eigenvalue weighted by atomic mass is 16.6. The van der Waals surface area contributed by atoms with Crippen molar-refractivity contribution in [2.45, 2.75) is 13.8 Å². The number of hydrogen-bond acceptors (Lipinski definition) is 6. The lowest BCUT2D eigenvalue weighted by molar-refractivity contribution is -0.384. The summed E-state index contributed by atoms with van der Waals surface area (Å²) in [5, 5.41) is 11.4. The van der Waals surface area contributed by atoms with E-state index in [0.717, 1.165) is 0 Å². The topological polar surface area (TPSA) is 115 Å². The van der Waals surface area contributed by atoms with Gasteiger partial charge in [0.25, 0.3) is 11.2 Å². The van der Waals surface area contributed by atoms with E-state index >= 15 is 0 Å². The summed E-state index contributed by atoms with van der Waals surface area (Å²) >= 11 is 0. The Morgan fingerprint density at radius 2 is 1.88 bits per heavy atom. The molecule has 2 heterocycles. The fourth-order valence-corrected chi connectivity index (χ4v) is 2.91.